The summed E-state index contributed by atoms with van der Waals surface area (Å²) in [6.07, 6.45) is 1.80. The molecule has 9 heteroatoms. The number of carbonyl (C=O) groups is 2. The SMILES string of the molecule is CCOC(=O)c1ccc(N=C2S/C(=C\c3cc(Br)c(OCc4cccc5ccccc45)c(OC)c3)C(=O)N2C)cc1. The summed E-state index contributed by atoms with van der Waals surface area (Å²) in [6, 6.07) is 24.8. The van der Waals surface area contributed by atoms with Crippen LogP contribution in [0.15, 0.2) is 93.2 Å². The number of fused-ring (bicyclic) bond motifs is 1. The lowest BCUT2D eigenvalue weighted by atomic mass is 10.1. The van der Waals surface area contributed by atoms with Crippen LogP contribution in [0.3, 0.4) is 0 Å². The highest BCUT2D eigenvalue weighted by atomic mass is 79.9. The lowest BCUT2D eigenvalue weighted by Gasteiger charge is -2.15. The Morgan fingerprint density at radius 2 is 1.80 bits per heavy atom. The van der Waals surface area contributed by atoms with Gasteiger partial charge in [-0.1, -0.05) is 42.5 Å². The van der Waals surface area contributed by atoms with Gasteiger partial charge in [0.05, 0.1) is 34.3 Å². The van der Waals surface area contributed by atoms with E-state index in [1.807, 2.05) is 30.3 Å². The van der Waals surface area contributed by atoms with Crippen molar-refractivity contribution in [3.63, 3.8) is 0 Å². The molecule has 4 aromatic rings. The molecule has 0 atom stereocenters. The molecule has 0 N–H and O–H groups in total. The van der Waals surface area contributed by atoms with Crippen LogP contribution in [0.2, 0.25) is 0 Å². The van der Waals surface area contributed by atoms with Gasteiger partial charge in [0.15, 0.2) is 16.7 Å². The van der Waals surface area contributed by atoms with Crippen molar-refractivity contribution in [2.45, 2.75) is 13.5 Å². The third kappa shape index (κ3) is 6.31. The number of amidine groups is 1. The van der Waals surface area contributed by atoms with Gasteiger partial charge in [0.1, 0.15) is 6.61 Å². The summed E-state index contributed by atoms with van der Waals surface area (Å²) in [5.74, 6) is 0.582. The molecule has 1 heterocycles. The minimum absolute atomic E-state index is 0.164. The van der Waals surface area contributed by atoms with E-state index in [9.17, 15) is 9.59 Å². The van der Waals surface area contributed by atoms with Gasteiger partial charge in [0.2, 0.25) is 0 Å². The fourth-order valence-electron chi connectivity index (χ4n) is 4.33. The van der Waals surface area contributed by atoms with Gasteiger partial charge in [-0.05, 0) is 99.0 Å². The standard InChI is InChI=1S/C32H27BrN2O5S/c1-4-39-31(37)22-12-14-24(15-13-22)34-32-35(2)30(36)28(41-32)18-20-16-26(33)29(27(17-20)38-3)40-19-23-10-7-9-21-8-5-6-11-25(21)23/h5-18H,4,19H2,1-3H3/b28-18-,34-32?. The normalized spacial score (nSPS) is 15.1. The molecule has 1 saturated heterocycles. The minimum atomic E-state index is -0.383. The van der Waals surface area contributed by atoms with Crippen LogP contribution in [0.5, 0.6) is 11.5 Å². The molecule has 0 aromatic heterocycles. The van der Waals surface area contributed by atoms with Crippen molar-refractivity contribution in [1.82, 2.24) is 4.90 Å². The van der Waals surface area contributed by atoms with Crippen LogP contribution in [-0.2, 0) is 16.1 Å². The average molecular weight is 632 g/mol. The molecule has 0 radical (unpaired) electrons. The molecule has 208 valence electrons. The van der Waals surface area contributed by atoms with Gasteiger partial charge in [-0.2, -0.15) is 0 Å². The Bertz CT molecular complexity index is 1680. The summed E-state index contributed by atoms with van der Waals surface area (Å²) in [7, 11) is 3.27. The van der Waals surface area contributed by atoms with Crippen LogP contribution in [0.1, 0.15) is 28.4 Å². The number of rotatable bonds is 8. The minimum Gasteiger partial charge on any atom is -0.493 e. The predicted octanol–water partition coefficient (Wildman–Crippen LogP) is 7.60. The van der Waals surface area contributed by atoms with E-state index in [0.717, 1.165) is 21.9 Å². The molecule has 0 spiro atoms. The Morgan fingerprint density at radius 1 is 1.05 bits per heavy atom. The van der Waals surface area contributed by atoms with E-state index in [-0.39, 0.29) is 11.9 Å². The highest BCUT2D eigenvalue weighted by Crippen LogP contribution is 2.40. The monoisotopic (exact) mass is 630 g/mol. The van der Waals surface area contributed by atoms with Gasteiger partial charge >= 0.3 is 5.97 Å². The van der Waals surface area contributed by atoms with E-state index < -0.39 is 0 Å². The molecule has 5 rings (SSSR count). The third-order valence-electron chi connectivity index (χ3n) is 6.41. The number of ether oxygens (including phenoxy) is 3. The maximum Gasteiger partial charge on any atom is 0.338 e. The molecule has 1 aliphatic rings. The first-order chi connectivity index (χ1) is 19.9. The highest BCUT2D eigenvalue weighted by molar-refractivity contribution is 9.10. The molecular formula is C32H27BrN2O5S. The zero-order valence-corrected chi connectivity index (χ0v) is 25.1. The number of halogens is 1. The van der Waals surface area contributed by atoms with E-state index in [2.05, 4.69) is 45.2 Å². The molecule has 0 saturated carbocycles. The van der Waals surface area contributed by atoms with Crippen LogP contribution < -0.4 is 9.47 Å². The van der Waals surface area contributed by atoms with E-state index in [1.54, 1.807) is 51.4 Å². The van der Waals surface area contributed by atoms with E-state index in [1.165, 1.54) is 16.7 Å². The molecule has 1 fully saturated rings. The second-order valence-corrected chi connectivity index (χ2v) is 11.0. The van der Waals surface area contributed by atoms with Crippen LogP contribution in [0, 0.1) is 0 Å². The van der Waals surface area contributed by atoms with Crippen molar-refractivity contribution in [3.05, 3.63) is 105 Å². The Labute approximate surface area is 250 Å². The Hall–Kier alpha value is -4.08. The number of methoxy groups -OCH3 is 1. The van der Waals surface area contributed by atoms with Crippen molar-refractivity contribution in [2.24, 2.45) is 4.99 Å². The molecule has 7 nitrogen and oxygen atoms in total. The van der Waals surface area contributed by atoms with Crippen LogP contribution in [0.4, 0.5) is 5.69 Å². The molecule has 0 bridgehead atoms. The number of amides is 1. The number of carbonyl (C=O) groups excluding carboxylic acids is 2. The molecule has 4 aromatic carbocycles. The number of thioether (sulfide) groups is 1. The Kier molecular flexibility index (Phi) is 8.75. The van der Waals surface area contributed by atoms with Gasteiger partial charge < -0.3 is 14.2 Å². The summed E-state index contributed by atoms with van der Waals surface area (Å²) in [5.41, 5.74) is 2.92. The van der Waals surface area contributed by atoms with Crippen LogP contribution in [0.25, 0.3) is 16.8 Å². The van der Waals surface area contributed by atoms with E-state index in [0.29, 0.717) is 50.5 Å². The van der Waals surface area contributed by atoms with Crippen molar-refractivity contribution in [3.8, 4) is 11.5 Å². The number of benzene rings is 4. The Balaban J connectivity index is 1.35. The first-order valence-electron chi connectivity index (χ1n) is 12.9. The summed E-state index contributed by atoms with van der Waals surface area (Å²) < 4.78 is 17.6. The quantitative estimate of drug-likeness (QED) is 0.147. The second-order valence-electron chi connectivity index (χ2n) is 9.10. The fraction of sp³-hybridized carbons (Fsp3) is 0.156. The fourth-order valence-corrected chi connectivity index (χ4v) is 5.89. The average Bonchev–Trinajstić information content (AvgIpc) is 3.24. The van der Waals surface area contributed by atoms with Crippen molar-refractivity contribution in [1.29, 1.82) is 0 Å². The summed E-state index contributed by atoms with van der Waals surface area (Å²) in [4.78, 5) is 31.6. The molecule has 1 amide bonds. The second kappa shape index (κ2) is 12.6. The summed E-state index contributed by atoms with van der Waals surface area (Å²) in [6.45, 7) is 2.44. The molecular weight excluding hydrogens is 604 g/mol. The van der Waals surface area contributed by atoms with Crippen molar-refractivity contribution in [2.75, 3.05) is 20.8 Å². The zero-order valence-electron chi connectivity index (χ0n) is 22.7. The van der Waals surface area contributed by atoms with Crippen molar-refractivity contribution >= 4 is 67.3 Å². The van der Waals surface area contributed by atoms with Gasteiger partial charge in [0, 0.05) is 7.05 Å². The number of nitrogens with zero attached hydrogens (tertiary/aromatic N) is 2. The molecule has 0 aliphatic carbocycles. The lowest BCUT2D eigenvalue weighted by molar-refractivity contribution is -0.121. The highest BCUT2D eigenvalue weighted by Gasteiger charge is 2.30. The topological polar surface area (TPSA) is 77.4 Å². The van der Waals surface area contributed by atoms with Gasteiger partial charge in [-0.15, -0.1) is 0 Å². The third-order valence-corrected chi connectivity index (χ3v) is 8.06. The molecule has 1 aliphatic heterocycles. The van der Waals surface area contributed by atoms with Gasteiger partial charge in [-0.3, -0.25) is 9.69 Å². The largest absolute Gasteiger partial charge is 0.493 e. The maximum absolute atomic E-state index is 13.0. The van der Waals surface area contributed by atoms with Gasteiger partial charge in [0.25, 0.3) is 5.91 Å². The number of likely N-dealkylation sites (N-methyl/N-ethyl adjacent to an activating group) is 1. The first kappa shape index (κ1) is 28.4. The lowest BCUT2D eigenvalue weighted by Crippen LogP contribution is -2.23. The molecule has 0 unspecified atom stereocenters. The number of aliphatic imine (C=N–C) groups is 1. The van der Waals surface area contributed by atoms with E-state index in [4.69, 9.17) is 14.2 Å². The molecule has 41 heavy (non-hydrogen) atoms. The Morgan fingerprint density at radius 3 is 2.56 bits per heavy atom. The van der Waals surface area contributed by atoms with E-state index >= 15 is 0 Å². The van der Waals surface area contributed by atoms with Gasteiger partial charge in [-0.25, -0.2) is 9.79 Å². The van der Waals surface area contributed by atoms with Crippen LogP contribution in [-0.4, -0.2) is 42.7 Å². The van der Waals surface area contributed by atoms with Crippen molar-refractivity contribution < 1.29 is 23.8 Å². The maximum atomic E-state index is 13.0. The number of hydrogen-bond acceptors (Lipinski definition) is 7. The van der Waals surface area contributed by atoms with Crippen LogP contribution >= 0.6 is 27.7 Å². The predicted molar refractivity (Wildman–Crippen MR) is 167 cm³/mol. The number of esters is 1. The number of hydrogen-bond donors (Lipinski definition) is 0. The zero-order chi connectivity index (χ0) is 28.9. The first-order valence-corrected chi connectivity index (χ1v) is 14.5. The summed E-state index contributed by atoms with van der Waals surface area (Å²) >= 11 is 4.90. The smallest absolute Gasteiger partial charge is 0.338 e. The summed E-state index contributed by atoms with van der Waals surface area (Å²) in [5, 5.41) is 2.83.